The van der Waals surface area contributed by atoms with E-state index in [1.54, 1.807) is 21.2 Å². The lowest BCUT2D eigenvalue weighted by atomic mass is 10.2. The number of amides is 2. The van der Waals surface area contributed by atoms with E-state index in [9.17, 15) is 4.79 Å². The Hall–Kier alpha value is -1.75. The lowest BCUT2D eigenvalue weighted by Gasteiger charge is -2.12. The molecule has 0 aromatic heterocycles. The Morgan fingerprint density at radius 3 is 2.44 bits per heavy atom. The fourth-order valence-electron chi connectivity index (χ4n) is 1.39. The molecule has 2 amide bonds. The van der Waals surface area contributed by atoms with E-state index in [0.29, 0.717) is 6.54 Å². The molecule has 0 radical (unpaired) electrons. The first-order valence-electron chi connectivity index (χ1n) is 5.92. The van der Waals surface area contributed by atoms with Crippen molar-refractivity contribution in [1.82, 2.24) is 15.5 Å². The van der Waals surface area contributed by atoms with E-state index in [0.717, 1.165) is 18.8 Å². The summed E-state index contributed by atoms with van der Waals surface area (Å²) < 4.78 is 5.09. The molecule has 1 rings (SSSR count). The molecule has 5 heteroatoms. The third-order valence-electron chi connectivity index (χ3n) is 2.47. The first-order chi connectivity index (χ1) is 8.63. The van der Waals surface area contributed by atoms with Crippen LogP contribution in [0.2, 0.25) is 0 Å². The fourth-order valence-corrected chi connectivity index (χ4v) is 1.39. The lowest BCUT2D eigenvalue weighted by Crippen LogP contribution is -2.38. The summed E-state index contributed by atoms with van der Waals surface area (Å²) in [5.74, 6) is 0.858. The number of urea groups is 1. The molecule has 1 aromatic rings. The van der Waals surface area contributed by atoms with Crippen molar-refractivity contribution in [2.45, 2.75) is 6.54 Å². The third kappa shape index (κ3) is 5.05. The molecule has 0 atom stereocenters. The molecule has 0 fully saturated rings. The topological polar surface area (TPSA) is 53.6 Å². The minimum Gasteiger partial charge on any atom is -0.497 e. The summed E-state index contributed by atoms with van der Waals surface area (Å²) in [4.78, 5) is 12.7. The number of rotatable bonds is 6. The van der Waals surface area contributed by atoms with Gasteiger partial charge in [-0.1, -0.05) is 12.1 Å². The summed E-state index contributed by atoms with van der Waals surface area (Å²) >= 11 is 0. The zero-order chi connectivity index (χ0) is 13.4. The van der Waals surface area contributed by atoms with Crippen LogP contribution in [0.3, 0.4) is 0 Å². The summed E-state index contributed by atoms with van der Waals surface area (Å²) in [6.45, 7) is 2.14. The molecule has 0 saturated carbocycles. The van der Waals surface area contributed by atoms with Crippen LogP contribution in [0, 0.1) is 0 Å². The standard InChI is InChI=1S/C13H21N3O2/c1-16(2)13(17)15-9-8-14-10-11-4-6-12(18-3)7-5-11/h4-7,14H,8-10H2,1-3H3,(H,15,17). The second-order valence-electron chi connectivity index (χ2n) is 4.15. The van der Waals surface area contributed by atoms with Crippen LogP contribution in [0.1, 0.15) is 5.56 Å². The summed E-state index contributed by atoms with van der Waals surface area (Å²) in [6.07, 6.45) is 0. The molecule has 0 unspecified atom stereocenters. The number of hydrogen-bond acceptors (Lipinski definition) is 3. The Kier molecular flexibility index (Phi) is 6.00. The minimum absolute atomic E-state index is 0.0683. The van der Waals surface area contributed by atoms with Crippen LogP contribution < -0.4 is 15.4 Å². The summed E-state index contributed by atoms with van der Waals surface area (Å²) in [6, 6.07) is 7.84. The Labute approximate surface area is 108 Å². The predicted octanol–water partition coefficient (Wildman–Crippen LogP) is 1.06. The number of benzene rings is 1. The second kappa shape index (κ2) is 7.55. The van der Waals surface area contributed by atoms with Gasteiger partial charge < -0.3 is 20.3 Å². The van der Waals surface area contributed by atoms with Crippen LogP contribution in [0.5, 0.6) is 5.75 Å². The highest BCUT2D eigenvalue weighted by atomic mass is 16.5. The molecule has 0 saturated heterocycles. The van der Waals surface area contributed by atoms with Gasteiger partial charge in [0.15, 0.2) is 0 Å². The molecule has 0 aliphatic carbocycles. The number of methoxy groups -OCH3 is 1. The molecule has 5 nitrogen and oxygen atoms in total. The summed E-state index contributed by atoms with van der Waals surface area (Å²) in [5.41, 5.74) is 1.19. The number of nitrogens with one attached hydrogen (secondary N) is 2. The van der Waals surface area contributed by atoms with Crippen molar-refractivity contribution in [2.75, 3.05) is 34.3 Å². The predicted molar refractivity (Wildman–Crippen MR) is 71.8 cm³/mol. The van der Waals surface area contributed by atoms with Crippen LogP contribution in [-0.4, -0.2) is 45.2 Å². The highest BCUT2D eigenvalue weighted by Crippen LogP contribution is 2.10. The molecule has 0 aliphatic rings. The Balaban J connectivity index is 2.15. The van der Waals surface area contributed by atoms with Gasteiger partial charge in [0.05, 0.1) is 7.11 Å². The molecular weight excluding hydrogens is 230 g/mol. The first kappa shape index (κ1) is 14.3. The Bertz CT molecular complexity index is 363. The molecule has 0 bridgehead atoms. The maximum absolute atomic E-state index is 11.2. The highest BCUT2D eigenvalue weighted by Gasteiger charge is 2.00. The van der Waals surface area contributed by atoms with Crippen LogP contribution in [0.25, 0.3) is 0 Å². The Morgan fingerprint density at radius 2 is 1.89 bits per heavy atom. The van der Waals surface area contributed by atoms with E-state index < -0.39 is 0 Å². The maximum atomic E-state index is 11.2. The van der Waals surface area contributed by atoms with Crippen molar-refractivity contribution in [3.63, 3.8) is 0 Å². The zero-order valence-electron chi connectivity index (χ0n) is 11.2. The zero-order valence-corrected chi connectivity index (χ0v) is 11.2. The van der Waals surface area contributed by atoms with Gasteiger partial charge in [-0.15, -0.1) is 0 Å². The van der Waals surface area contributed by atoms with Gasteiger partial charge in [0, 0.05) is 33.7 Å². The van der Waals surface area contributed by atoms with E-state index in [2.05, 4.69) is 10.6 Å². The fraction of sp³-hybridized carbons (Fsp3) is 0.462. The monoisotopic (exact) mass is 251 g/mol. The number of hydrogen-bond donors (Lipinski definition) is 2. The first-order valence-corrected chi connectivity index (χ1v) is 5.92. The number of carbonyl (C=O) groups excluding carboxylic acids is 1. The quantitative estimate of drug-likeness (QED) is 0.743. The van der Waals surface area contributed by atoms with Crippen molar-refractivity contribution in [1.29, 1.82) is 0 Å². The molecule has 2 N–H and O–H groups in total. The number of carbonyl (C=O) groups is 1. The van der Waals surface area contributed by atoms with E-state index in [4.69, 9.17) is 4.74 Å². The van der Waals surface area contributed by atoms with Gasteiger partial charge in [0.25, 0.3) is 0 Å². The average molecular weight is 251 g/mol. The Morgan fingerprint density at radius 1 is 1.22 bits per heavy atom. The summed E-state index contributed by atoms with van der Waals surface area (Å²) in [7, 11) is 5.10. The van der Waals surface area contributed by atoms with Crippen molar-refractivity contribution in [3.05, 3.63) is 29.8 Å². The van der Waals surface area contributed by atoms with Gasteiger partial charge in [-0.25, -0.2) is 4.79 Å². The highest BCUT2D eigenvalue weighted by molar-refractivity contribution is 5.73. The molecule has 18 heavy (non-hydrogen) atoms. The third-order valence-corrected chi connectivity index (χ3v) is 2.47. The smallest absolute Gasteiger partial charge is 0.316 e. The van der Waals surface area contributed by atoms with Crippen LogP contribution >= 0.6 is 0 Å². The molecule has 100 valence electrons. The molecule has 0 aliphatic heterocycles. The molecule has 0 spiro atoms. The molecule has 0 heterocycles. The van der Waals surface area contributed by atoms with E-state index in [1.165, 1.54) is 10.5 Å². The van der Waals surface area contributed by atoms with Gasteiger partial charge in [-0.05, 0) is 17.7 Å². The second-order valence-corrected chi connectivity index (χ2v) is 4.15. The molecule has 1 aromatic carbocycles. The van der Waals surface area contributed by atoms with E-state index >= 15 is 0 Å². The molecular formula is C13H21N3O2. The number of nitrogens with zero attached hydrogens (tertiary/aromatic N) is 1. The normalized spacial score (nSPS) is 9.94. The minimum atomic E-state index is -0.0683. The van der Waals surface area contributed by atoms with E-state index in [-0.39, 0.29) is 6.03 Å². The number of ether oxygens (including phenoxy) is 1. The SMILES string of the molecule is COc1ccc(CNCCNC(=O)N(C)C)cc1. The van der Waals surface area contributed by atoms with Gasteiger partial charge in [0.2, 0.25) is 0 Å². The van der Waals surface area contributed by atoms with Crippen LogP contribution in [-0.2, 0) is 6.54 Å². The van der Waals surface area contributed by atoms with Crippen molar-refractivity contribution in [2.24, 2.45) is 0 Å². The lowest BCUT2D eigenvalue weighted by molar-refractivity contribution is 0.217. The van der Waals surface area contributed by atoms with Gasteiger partial charge in [0.1, 0.15) is 5.75 Å². The van der Waals surface area contributed by atoms with Crippen LogP contribution in [0.4, 0.5) is 4.79 Å². The van der Waals surface area contributed by atoms with Crippen molar-refractivity contribution >= 4 is 6.03 Å². The van der Waals surface area contributed by atoms with E-state index in [1.807, 2.05) is 24.3 Å². The van der Waals surface area contributed by atoms with Gasteiger partial charge in [-0.2, -0.15) is 0 Å². The van der Waals surface area contributed by atoms with Crippen molar-refractivity contribution < 1.29 is 9.53 Å². The maximum Gasteiger partial charge on any atom is 0.316 e. The largest absolute Gasteiger partial charge is 0.497 e. The van der Waals surface area contributed by atoms with Crippen molar-refractivity contribution in [3.8, 4) is 5.75 Å². The van der Waals surface area contributed by atoms with Crippen LogP contribution in [0.15, 0.2) is 24.3 Å². The van der Waals surface area contributed by atoms with Gasteiger partial charge in [-0.3, -0.25) is 0 Å². The van der Waals surface area contributed by atoms with Gasteiger partial charge >= 0.3 is 6.03 Å². The summed E-state index contributed by atoms with van der Waals surface area (Å²) in [5, 5.41) is 6.05. The average Bonchev–Trinajstić information content (AvgIpc) is 2.38.